The highest BCUT2D eigenvalue weighted by atomic mass is 16.5. The highest BCUT2D eigenvalue weighted by molar-refractivity contribution is 5.83. The zero-order valence-corrected chi connectivity index (χ0v) is 23.8. The van der Waals surface area contributed by atoms with Gasteiger partial charge in [0.1, 0.15) is 11.8 Å². The van der Waals surface area contributed by atoms with Gasteiger partial charge >= 0.3 is 0 Å². The summed E-state index contributed by atoms with van der Waals surface area (Å²) in [6.45, 7) is 11.3. The first-order chi connectivity index (χ1) is 19.1. The molecule has 1 unspecified atom stereocenters. The maximum atomic E-state index is 13.9. The molecular weight excluding hydrogens is 502 g/mol. The lowest BCUT2D eigenvalue weighted by Crippen LogP contribution is -2.37. The number of hydrogen-bond donors (Lipinski definition) is 1. The number of pyridine rings is 2. The fourth-order valence-corrected chi connectivity index (χ4v) is 5.18. The second kappa shape index (κ2) is 11.0. The van der Waals surface area contributed by atoms with Gasteiger partial charge in [0.15, 0.2) is 5.82 Å². The van der Waals surface area contributed by atoms with E-state index in [2.05, 4.69) is 70.2 Å². The molecule has 0 aliphatic carbocycles. The predicted octanol–water partition coefficient (Wildman–Crippen LogP) is 5.08. The number of benzene rings is 2. The van der Waals surface area contributed by atoms with E-state index in [1.165, 1.54) is 0 Å². The highest BCUT2D eigenvalue weighted by Gasteiger charge is 2.33. The SMILES string of the molecule is COc1ccc(CN(Cc2cccnc2)C(c2cc3cc(C)cc(C)c3[nH]c2=O)c2nnnn2C(C)(C)C)cc1. The Hall–Kier alpha value is -4.37. The number of aromatic amines is 1. The van der Waals surface area contributed by atoms with Crippen LogP contribution >= 0.6 is 0 Å². The number of rotatable bonds is 8. The second-order valence-corrected chi connectivity index (χ2v) is 11.2. The van der Waals surface area contributed by atoms with E-state index in [4.69, 9.17) is 4.74 Å². The number of methoxy groups -OCH3 is 1. The van der Waals surface area contributed by atoms with Crippen molar-refractivity contribution in [3.8, 4) is 5.75 Å². The van der Waals surface area contributed by atoms with Crippen molar-refractivity contribution in [2.45, 2.75) is 59.3 Å². The molecule has 0 spiro atoms. The van der Waals surface area contributed by atoms with Gasteiger partial charge in [-0.1, -0.05) is 29.8 Å². The van der Waals surface area contributed by atoms with E-state index >= 15 is 0 Å². The third-order valence-electron chi connectivity index (χ3n) is 7.01. The highest BCUT2D eigenvalue weighted by Crippen LogP contribution is 2.32. The lowest BCUT2D eigenvalue weighted by Gasteiger charge is -2.33. The summed E-state index contributed by atoms with van der Waals surface area (Å²) in [5, 5.41) is 13.9. The zero-order valence-electron chi connectivity index (χ0n) is 23.8. The van der Waals surface area contributed by atoms with E-state index < -0.39 is 11.6 Å². The van der Waals surface area contributed by atoms with E-state index in [0.29, 0.717) is 24.5 Å². The molecule has 3 aromatic heterocycles. The molecule has 1 N–H and O–H groups in total. The van der Waals surface area contributed by atoms with E-state index in [1.54, 1.807) is 13.3 Å². The molecule has 9 nitrogen and oxygen atoms in total. The molecule has 1 atom stereocenters. The lowest BCUT2D eigenvalue weighted by atomic mass is 9.98. The fraction of sp³-hybridized carbons (Fsp3) is 0.323. The van der Waals surface area contributed by atoms with Crippen LogP contribution in [0.5, 0.6) is 5.75 Å². The quantitative estimate of drug-likeness (QED) is 0.294. The molecule has 0 amide bonds. The number of ether oxygens (including phenoxy) is 1. The van der Waals surface area contributed by atoms with Crippen molar-refractivity contribution in [1.82, 2.24) is 35.1 Å². The number of fused-ring (bicyclic) bond motifs is 1. The van der Waals surface area contributed by atoms with Gasteiger partial charge in [-0.25, -0.2) is 4.68 Å². The minimum absolute atomic E-state index is 0.168. The number of H-pyrrole nitrogens is 1. The van der Waals surface area contributed by atoms with Crippen LogP contribution in [0.3, 0.4) is 0 Å². The first-order valence-corrected chi connectivity index (χ1v) is 13.3. The van der Waals surface area contributed by atoms with E-state index in [-0.39, 0.29) is 5.56 Å². The van der Waals surface area contributed by atoms with Crippen LogP contribution in [0.15, 0.2) is 71.8 Å². The van der Waals surface area contributed by atoms with Gasteiger partial charge in [0.25, 0.3) is 5.56 Å². The number of hydrogen-bond acceptors (Lipinski definition) is 7. The van der Waals surface area contributed by atoms with E-state index in [9.17, 15) is 4.79 Å². The molecule has 3 heterocycles. The first-order valence-electron chi connectivity index (χ1n) is 13.3. The van der Waals surface area contributed by atoms with Gasteiger partial charge in [-0.15, -0.1) is 5.10 Å². The molecule has 5 rings (SSSR count). The molecule has 0 saturated heterocycles. The van der Waals surface area contributed by atoms with E-state index in [0.717, 1.165) is 38.9 Å². The second-order valence-electron chi connectivity index (χ2n) is 11.2. The average molecular weight is 538 g/mol. The number of nitrogens with one attached hydrogen (secondary N) is 1. The summed E-state index contributed by atoms with van der Waals surface area (Å²) in [6, 6.07) is 17.5. The number of aryl methyl sites for hydroxylation is 2. The minimum atomic E-state index is -0.550. The molecule has 0 radical (unpaired) electrons. The molecule has 2 aromatic carbocycles. The molecule has 206 valence electrons. The van der Waals surface area contributed by atoms with Gasteiger partial charge < -0.3 is 9.72 Å². The van der Waals surface area contributed by atoms with Crippen molar-refractivity contribution < 1.29 is 4.74 Å². The van der Waals surface area contributed by atoms with E-state index in [1.807, 2.05) is 60.3 Å². The first kappa shape index (κ1) is 27.2. The van der Waals surface area contributed by atoms with Gasteiger partial charge in [0.2, 0.25) is 0 Å². The Morgan fingerprint density at radius 1 is 1.02 bits per heavy atom. The Labute approximate surface area is 233 Å². The third kappa shape index (κ3) is 5.65. The topological polar surface area (TPSA) is 102 Å². The van der Waals surface area contributed by atoms with Gasteiger partial charge in [-0.05, 0) is 97.5 Å². The Balaban J connectivity index is 1.73. The monoisotopic (exact) mass is 537 g/mol. The van der Waals surface area contributed by atoms with Crippen molar-refractivity contribution in [1.29, 1.82) is 0 Å². The summed E-state index contributed by atoms with van der Waals surface area (Å²) >= 11 is 0. The van der Waals surface area contributed by atoms with Crippen LogP contribution in [0.1, 0.15) is 60.5 Å². The summed E-state index contributed by atoms with van der Waals surface area (Å²) < 4.78 is 7.19. The van der Waals surface area contributed by atoms with Crippen LogP contribution in [-0.4, -0.2) is 42.2 Å². The van der Waals surface area contributed by atoms with Crippen LogP contribution in [-0.2, 0) is 18.6 Å². The molecule has 5 aromatic rings. The average Bonchev–Trinajstić information content (AvgIpc) is 3.41. The summed E-state index contributed by atoms with van der Waals surface area (Å²) in [4.78, 5) is 23.6. The molecule has 0 aliphatic rings. The standard InChI is InChI=1S/C31H35N7O2/c1-20-14-21(2)27-24(15-20)16-26(30(39)33-27)28(29-34-35-36-38(29)31(3,4)5)37(19-23-8-7-13-32-17-23)18-22-9-11-25(40-6)12-10-22/h7-17,28H,18-19H2,1-6H3,(H,33,39). The van der Waals surface area contributed by atoms with Crippen LogP contribution in [0.2, 0.25) is 0 Å². The smallest absolute Gasteiger partial charge is 0.253 e. The van der Waals surface area contributed by atoms with Crippen LogP contribution in [0.25, 0.3) is 10.9 Å². The Morgan fingerprint density at radius 2 is 1.77 bits per heavy atom. The van der Waals surface area contributed by atoms with Gasteiger partial charge in [-0.2, -0.15) is 0 Å². The molecule has 0 bridgehead atoms. The van der Waals surface area contributed by atoms with Crippen LogP contribution in [0.4, 0.5) is 0 Å². The maximum Gasteiger partial charge on any atom is 0.253 e. The van der Waals surface area contributed by atoms with Gasteiger partial charge in [0.05, 0.1) is 18.2 Å². The third-order valence-corrected chi connectivity index (χ3v) is 7.01. The van der Waals surface area contributed by atoms with Gasteiger partial charge in [0, 0.05) is 31.0 Å². The van der Waals surface area contributed by atoms with Crippen molar-refractivity contribution >= 4 is 10.9 Å². The Morgan fingerprint density at radius 3 is 2.45 bits per heavy atom. The zero-order chi connectivity index (χ0) is 28.4. The Kier molecular flexibility index (Phi) is 7.49. The van der Waals surface area contributed by atoms with Crippen molar-refractivity contribution in [2.24, 2.45) is 0 Å². The lowest BCUT2D eigenvalue weighted by molar-refractivity contribution is 0.184. The molecule has 40 heavy (non-hydrogen) atoms. The molecular formula is C31H35N7O2. The van der Waals surface area contributed by atoms with Crippen molar-refractivity contribution in [3.05, 3.63) is 111 Å². The van der Waals surface area contributed by atoms with Crippen molar-refractivity contribution in [3.63, 3.8) is 0 Å². The molecule has 0 saturated carbocycles. The maximum absolute atomic E-state index is 13.9. The molecule has 9 heteroatoms. The summed E-state index contributed by atoms with van der Waals surface area (Å²) in [5.74, 6) is 1.38. The molecule has 0 aliphatic heterocycles. The minimum Gasteiger partial charge on any atom is -0.497 e. The van der Waals surface area contributed by atoms with Crippen LogP contribution in [0, 0.1) is 13.8 Å². The number of nitrogens with zero attached hydrogens (tertiary/aromatic N) is 6. The summed E-state index contributed by atoms with van der Waals surface area (Å²) in [6.07, 6.45) is 3.61. The van der Waals surface area contributed by atoms with Crippen LogP contribution < -0.4 is 10.3 Å². The normalized spacial score (nSPS) is 12.7. The predicted molar refractivity (Wildman–Crippen MR) is 155 cm³/mol. The number of aromatic nitrogens is 6. The fourth-order valence-electron chi connectivity index (χ4n) is 5.18. The number of tetrazole rings is 1. The Bertz CT molecular complexity index is 1670. The molecule has 0 fully saturated rings. The summed E-state index contributed by atoms with van der Waals surface area (Å²) in [5.41, 5.74) is 5.07. The largest absolute Gasteiger partial charge is 0.497 e. The van der Waals surface area contributed by atoms with Crippen molar-refractivity contribution in [2.75, 3.05) is 7.11 Å². The summed E-state index contributed by atoms with van der Waals surface area (Å²) in [7, 11) is 1.65. The van der Waals surface area contributed by atoms with Gasteiger partial charge in [-0.3, -0.25) is 14.7 Å².